The maximum absolute atomic E-state index is 13.2. The molecule has 3 aromatic rings. The largest absolute Gasteiger partial charge is 0.497 e. The highest BCUT2D eigenvalue weighted by molar-refractivity contribution is 6.45. The molecule has 168 valence electrons. The van der Waals surface area contributed by atoms with E-state index in [1.165, 1.54) is 4.90 Å². The van der Waals surface area contributed by atoms with Gasteiger partial charge in [-0.15, -0.1) is 0 Å². The topological polar surface area (TPSA) is 72.9 Å². The Morgan fingerprint density at radius 2 is 1.58 bits per heavy atom. The third-order valence-electron chi connectivity index (χ3n) is 5.84. The number of methoxy groups -OCH3 is 1. The highest BCUT2D eigenvalue weighted by atomic mass is 16.5. The summed E-state index contributed by atoms with van der Waals surface area (Å²) in [6.07, 6.45) is 0.444. The Morgan fingerprint density at radius 3 is 2.18 bits per heavy atom. The molecule has 1 fully saturated rings. The molecular formula is C27H25NO5. The molecule has 0 N–H and O–H groups in total. The van der Waals surface area contributed by atoms with Gasteiger partial charge in [0.05, 0.1) is 31.2 Å². The molecule has 4 rings (SSSR count). The third kappa shape index (κ3) is 4.51. The molecule has 1 amide bonds. The second-order valence-electron chi connectivity index (χ2n) is 7.82. The van der Waals surface area contributed by atoms with Gasteiger partial charge in [-0.05, 0) is 60.9 Å². The van der Waals surface area contributed by atoms with Crippen molar-refractivity contribution in [3.05, 3.63) is 95.6 Å². The number of amides is 1. The van der Waals surface area contributed by atoms with Crippen LogP contribution in [0.15, 0.2) is 78.9 Å². The number of nitrogens with zero attached hydrogens (tertiary/aromatic N) is 1. The molecule has 3 aromatic carbocycles. The highest BCUT2D eigenvalue weighted by Crippen LogP contribution is 2.41. The number of anilines is 1. The smallest absolute Gasteiger partial charge is 0.338 e. The van der Waals surface area contributed by atoms with Gasteiger partial charge >= 0.3 is 5.97 Å². The van der Waals surface area contributed by atoms with Crippen LogP contribution >= 0.6 is 0 Å². The molecule has 1 heterocycles. The summed E-state index contributed by atoms with van der Waals surface area (Å²) in [5.41, 5.74) is 2.77. The first kappa shape index (κ1) is 22.3. The monoisotopic (exact) mass is 443 g/mol. The Kier molecular flexibility index (Phi) is 6.54. The van der Waals surface area contributed by atoms with Gasteiger partial charge in [0.2, 0.25) is 5.78 Å². The van der Waals surface area contributed by atoms with E-state index in [4.69, 9.17) is 9.47 Å². The maximum atomic E-state index is 13.2. The van der Waals surface area contributed by atoms with Crippen molar-refractivity contribution in [2.75, 3.05) is 18.6 Å². The van der Waals surface area contributed by atoms with Gasteiger partial charge < -0.3 is 9.47 Å². The SMILES string of the molecule is CCOC(=O)c1ccc(N2C(=O)C(=O)C(Cc3ccccc3)C2c2ccc(OC)cc2)cc1. The van der Waals surface area contributed by atoms with E-state index in [9.17, 15) is 14.4 Å². The van der Waals surface area contributed by atoms with Gasteiger partial charge in [0.15, 0.2) is 0 Å². The number of benzene rings is 3. The van der Waals surface area contributed by atoms with Crippen molar-refractivity contribution >= 4 is 23.3 Å². The summed E-state index contributed by atoms with van der Waals surface area (Å²) < 4.78 is 10.3. The Hall–Kier alpha value is -3.93. The highest BCUT2D eigenvalue weighted by Gasteiger charge is 2.48. The van der Waals surface area contributed by atoms with Crippen molar-refractivity contribution in [2.24, 2.45) is 5.92 Å². The van der Waals surface area contributed by atoms with Gasteiger partial charge in [0.25, 0.3) is 5.91 Å². The van der Waals surface area contributed by atoms with Crippen molar-refractivity contribution in [1.29, 1.82) is 0 Å². The van der Waals surface area contributed by atoms with Crippen molar-refractivity contribution in [1.82, 2.24) is 0 Å². The van der Waals surface area contributed by atoms with E-state index >= 15 is 0 Å². The lowest BCUT2D eigenvalue weighted by atomic mass is 9.87. The molecule has 1 aliphatic heterocycles. The third-order valence-corrected chi connectivity index (χ3v) is 5.84. The van der Waals surface area contributed by atoms with Crippen LogP contribution in [0.25, 0.3) is 0 Å². The van der Waals surface area contributed by atoms with E-state index in [-0.39, 0.29) is 6.61 Å². The zero-order chi connectivity index (χ0) is 23.4. The average Bonchev–Trinajstić information content (AvgIpc) is 3.10. The number of ketones is 1. The fourth-order valence-electron chi connectivity index (χ4n) is 4.23. The Bertz CT molecular complexity index is 1140. The van der Waals surface area contributed by atoms with E-state index in [0.29, 0.717) is 23.4 Å². The molecule has 2 atom stereocenters. The molecule has 0 spiro atoms. The lowest BCUT2D eigenvalue weighted by Gasteiger charge is -2.28. The van der Waals surface area contributed by atoms with Crippen LogP contribution in [0, 0.1) is 5.92 Å². The summed E-state index contributed by atoms with van der Waals surface area (Å²) in [5, 5.41) is 0. The lowest BCUT2D eigenvalue weighted by Crippen LogP contribution is -2.29. The minimum atomic E-state index is -0.555. The van der Waals surface area contributed by atoms with E-state index in [1.54, 1.807) is 38.3 Å². The zero-order valence-electron chi connectivity index (χ0n) is 18.6. The normalized spacial score (nSPS) is 17.8. The number of carbonyl (C=O) groups is 3. The van der Waals surface area contributed by atoms with E-state index in [1.807, 2.05) is 54.6 Å². The minimum absolute atomic E-state index is 0.278. The Labute approximate surface area is 192 Å². The van der Waals surface area contributed by atoms with Crippen LogP contribution in [-0.4, -0.2) is 31.4 Å². The zero-order valence-corrected chi connectivity index (χ0v) is 18.6. The predicted molar refractivity (Wildman–Crippen MR) is 124 cm³/mol. The Morgan fingerprint density at radius 1 is 0.909 bits per heavy atom. The molecule has 0 aromatic heterocycles. The molecule has 1 saturated heterocycles. The molecule has 1 aliphatic rings. The van der Waals surface area contributed by atoms with Crippen molar-refractivity contribution in [2.45, 2.75) is 19.4 Å². The van der Waals surface area contributed by atoms with E-state index in [2.05, 4.69) is 0 Å². The number of esters is 1. The molecule has 2 unspecified atom stereocenters. The summed E-state index contributed by atoms with van der Waals surface area (Å²) in [4.78, 5) is 39.9. The van der Waals surface area contributed by atoms with E-state index < -0.39 is 29.6 Å². The van der Waals surface area contributed by atoms with E-state index in [0.717, 1.165) is 11.1 Å². The number of carbonyl (C=O) groups excluding carboxylic acids is 3. The predicted octanol–water partition coefficient (Wildman–Crippen LogP) is 4.39. The quantitative estimate of drug-likeness (QED) is 0.400. The summed E-state index contributed by atoms with van der Waals surface area (Å²) in [6.45, 7) is 2.02. The van der Waals surface area contributed by atoms with Crippen LogP contribution in [0.3, 0.4) is 0 Å². The maximum Gasteiger partial charge on any atom is 0.338 e. The summed E-state index contributed by atoms with van der Waals surface area (Å²) >= 11 is 0. The van der Waals surface area contributed by atoms with Crippen molar-refractivity contribution in [3.8, 4) is 5.75 Å². The summed E-state index contributed by atoms with van der Waals surface area (Å²) in [7, 11) is 1.59. The van der Waals surface area contributed by atoms with Crippen LogP contribution in [0.5, 0.6) is 5.75 Å². The summed E-state index contributed by atoms with van der Waals surface area (Å²) in [6, 6.07) is 23.2. The van der Waals surface area contributed by atoms with Crippen LogP contribution < -0.4 is 9.64 Å². The first-order chi connectivity index (χ1) is 16.0. The first-order valence-electron chi connectivity index (χ1n) is 10.9. The number of Topliss-reactive ketones (excluding diaryl/α,β-unsaturated/α-hetero) is 1. The second-order valence-corrected chi connectivity index (χ2v) is 7.82. The van der Waals surface area contributed by atoms with Gasteiger partial charge in [-0.25, -0.2) is 4.79 Å². The lowest BCUT2D eigenvalue weighted by molar-refractivity contribution is -0.135. The second kappa shape index (κ2) is 9.69. The molecule has 0 aliphatic carbocycles. The number of ether oxygens (including phenoxy) is 2. The van der Waals surface area contributed by atoms with Gasteiger partial charge in [-0.2, -0.15) is 0 Å². The van der Waals surface area contributed by atoms with Crippen LogP contribution in [0.1, 0.15) is 34.5 Å². The minimum Gasteiger partial charge on any atom is -0.497 e. The average molecular weight is 443 g/mol. The molecule has 0 radical (unpaired) electrons. The number of rotatable bonds is 7. The number of hydrogen-bond acceptors (Lipinski definition) is 5. The van der Waals surface area contributed by atoms with Gasteiger partial charge in [0, 0.05) is 5.69 Å². The molecular weight excluding hydrogens is 418 g/mol. The fraction of sp³-hybridized carbons (Fsp3) is 0.222. The molecule has 0 bridgehead atoms. The first-order valence-corrected chi connectivity index (χ1v) is 10.9. The number of hydrogen-bond donors (Lipinski definition) is 0. The van der Waals surface area contributed by atoms with Crippen LogP contribution in [-0.2, 0) is 20.7 Å². The van der Waals surface area contributed by atoms with Gasteiger partial charge in [0.1, 0.15) is 5.75 Å². The van der Waals surface area contributed by atoms with Crippen LogP contribution in [0.4, 0.5) is 5.69 Å². The van der Waals surface area contributed by atoms with Crippen molar-refractivity contribution in [3.63, 3.8) is 0 Å². The van der Waals surface area contributed by atoms with Gasteiger partial charge in [-0.1, -0.05) is 42.5 Å². The van der Waals surface area contributed by atoms with Gasteiger partial charge in [-0.3, -0.25) is 14.5 Å². The molecule has 33 heavy (non-hydrogen) atoms. The van der Waals surface area contributed by atoms with Crippen molar-refractivity contribution < 1.29 is 23.9 Å². The molecule has 0 saturated carbocycles. The fourth-order valence-corrected chi connectivity index (χ4v) is 4.23. The molecule has 6 nitrogen and oxygen atoms in total. The summed E-state index contributed by atoms with van der Waals surface area (Å²) in [5.74, 6) is -1.26. The Balaban J connectivity index is 1.74. The molecule has 6 heteroatoms. The standard InChI is InChI=1S/C27H25NO5/c1-3-33-27(31)20-9-13-21(14-10-20)28-24(19-11-15-22(32-2)16-12-19)23(25(29)26(28)30)17-18-7-5-4-6-8-18/h4-16,23-24H,3,17H2,1-2H3. The van der Waals surface area contributed by atoms with Crippen LogP contribution in [0.2, 0.25) is 0 Å².